The van der Waals surface area contributed by atoms with Crippen LogP contribution in [0.5, 0.6) is 0 Å². The van der Waals surface area contributed by atoms with Gasteiger partial charge in [-0.25, -0.2) is 0 Å². The summed E-state index contributed by atoms with van der Waals surface area (Å²) in [7, 11) is 0. The number of halogens is 3. The lowest BCUT2D eigenvalue weighted by atomic mass is 10.1. The molecule has 118 valence electrons. The molecule has 0 bridgehead atoms. The maximum atomic E-state index is 13.0. The van der Waals surface area contributed by atoms with Crippen LogP contribution in [0.15, 0.2) is 18.2 Å². The minimum atomic E-state index is -4.46. The Balaban J connectivity index is 2.24. The highest BCUT2D eigenvalue weighted by Crippen LogP contribution is 2.35. The Kier molecular flexibility index (Phi) is 5.11. The van der Waals surface area contributed by atoms with Gasteiger partial charge in [-0.05, 0) is 37.5 Å². The van der Waals surface area contributed by atoms with Crippen molar-refractivity contribution in [2.45, 2.75) is 38.7 Å². The quantitative estimate of drug-likeness (QED) is 0.906. The van der Waals surface area contributed by atoms with Crippen molar-refractivity contribution < 1.29 is 23.0 Å². The Morgan fingerprint density at radius 3 is 2.67 bits per heavy atom. The zero-order valence-corrected chi connectivity index (χ0v) is 12.0. The van der Waals surface area contributed by atoms with Crippen molar-refractivity contribution in [3.63, 3.8) is 0 Å². The lowest BCUT2D eigenvalue weighted by molar-refractivity contribution is -0.138. The van der Waals surface area contributed by atoms with Crippen LogP contribution in [0.3, 0.4) is 0 Å². The van der Waals surface area contributed by atoms with E-state index in [1.807, 2.05) is 11.8 Å². The highest BCUT2D eigenvalue weighted by Gasteiger charge is 2.34. The number of aliphatic hydroxyl groups is 1. The molecule has 1 aromatic rings. The van der Waals surface area contributed by atoms with Crippen LogP contribution in [0.1, 0.15) is 30.9 Å². The first kappa shape index (κ1) is 16.1. The molecule has 0 saturated carbocycles. The Morgan fingerprint density at radius 2 is 2.14 bits per heavy atom. The fourth-order valence-corrected chi connectivity index (χ4v) is 2.61. The smallest absolute Gasteiger partial charge is 0.392 e. The van der Waals surface area contributed by atoms with Crippen molar-refractivity contribution in [1.29, 1.82) is 0 Å². The van der Waals surface area contributed by atoms with Crippen LogP contribution in [0.25, 0.3) is 0 Å². The summed E-state index contributed by atoms with van der Waals surface area (Å²) in [6.07, 6.45) is -2.44. The second kappa shape index (κ2) is 6.66. The molecule has 21 heavy (non-hydrogen) atoms. The minimum absolute atomic E-state index is 0.0804. The van der Waals surface area contributed by atoms with Crippen molar-refractivity contribution in [3.8, 4) is 0 Å². The van der Waals surface area contributed by atoms with Gasteiger partial charge in [-0.3, -0.25) is 0 Å². The second-order valence-corrected chi connectivity index (χ2v) is 5.17. The van der Waals surface area contributed by atoms with E-state index in [0.29, 0.717) is 18.8 Å². The molecule has 2 rings (SSSR count). The number of ether oxygens (including phenoxy) is 1. The van der Waals surface area contributed by atoms with Gasteiger partial charge in [0, 0.05) is 25.4 Å². The molecule has 0 aliphatic carbocycles. The lowest BCUT2D eigenvalue weighted by Gasteiger charge is -2.27. The molecule has 1 unspecified atom stereocenters. The number of alkyl halides is 3. The fraction of sp³-hybridized carbons (Fsp3) is 0.600. The summed E-state index contributed by atoms with van der Waals surface area (Å²) >= 11 is 0. The molecular formula is C15H20F3NO2. The average molecular weight is 303 g/mol. The second-order valence-electron chi connectivity index (χ2n) is 5.17. The summed E-state index contributed by atoms with van der Waals surface area (Å²) in [5.74, 6) is 0. The van der Waals surface area contributed by atoms with Crippen LogP contribution in [-0.4, -0.2) is 30.9 Å². The Bertz CT molecular complexity index is 470. The van der Waals surface area contributed by atoms with E-state index in [9.17, 15) is 13.2 Å². The van der Waals surface area contributed by atoms with E-state index in [1.54, 1.807) is 6.07 Å². The molecule has 0 spiro atoms. The highest BCUT2D eigenvalue weighted by molar-refractivity contribution is 5.52. The largest absolute Gasteiger partial charge is 0.416 e. The molecule has 1 aromatic carbocycles. The minimum Gasteiger partial charge on any atom is -0.392 e. The number of nitrogens with zero attached hydrogens (tertiary/aromatic N) is 1. The Labute approximate surface area is 122 Å². The number of aliphatic hydroxyl groups excluding tert-OH is 1. The van der Waals surface area contributed by atoms with E-state index >= 15 is 0 Å². The summed E-state index contributed by atoms with van der Waals surface area (Å²) in [6.45, 7) is 3.20. The van der Waals surface area contributed by atoms with Crippen LogP contribution in [0.4, 0.5) is 18.9 Å². The maximum absolute atomic E-state index is 13.0. The molecule has 0 amide bonds. The van der Waals surface area contributed by atoms with Gasteiger partial charge in [0.2, 0.25) is 0 Å². The molecule has 1 aliphatic rings. The third kappa shape index (κ3) is 3.89. The number of hydrogen-bond donors (Lipinski definition) is 1. The van der Waals surface area contributed by atoms with E-state index in [4.69, 9.17) is 9.84 Å². The van der Waals surface area contributed by atoms with E-state index in [0.717, 1.165) is 25.5 Å². The van der Waals surface area contributed by atoms with Gasteiger partial charge >= 0.3 is 6.18 Å². The fourth-order valence-electron chi connectivity index (χ4n) is 2.61. The predicted octanol–water partition coefficient (Wildman–Crippen LogP) is 3.20. The van der Waals surface area contributed by atoms with Crippen LogP contribution in [0.2, 0.25) is 0 Å². The maximum Gasteiger partial charge on any atom is 0.416 e. The van der Waals surface area contributed by atoms with Gasteiger partial charge in [-0.1, -0.05) is 6.07 Å². The van der Waals surface area contributed by atoms with Crippen molar-refractivity contribution in [2.75, 3.05) is 24.6 Å². The Hall–Kier alpha value is -1.27. The predicted molar refractivity (Wildman–Crippen MR) is 74.2 cm³/mol. The topological polar surface area (TPSA) is 32.7 Å². The molecule has 0 aromatic heterocycles. The van der Waals surface area contributed by atoms with Crippen molar-refractivity contribution in [2.24, 2.45) is 0 Å². The van der Waals surface area contributed by atoms with E-state index in [2.05, 4.69) is 0 Å². The summed E-state index contributed by atoms with van der Waals surface area (Å²) in [5.41, 5.74) is -0.356. The molecule has 1 saturated heterocycles. The monoisotopic (exact) mass is 303 g/mol. The summed E-state index contributed by atoms with van der Waals surface area (Å²) in [5, 5.41) is 9.06. The Morgan fingerprint density at radius 1 is 1.38 bits per heavy atom. The van der Waals surface area contributed by atoms with Crippen molar-refractivity contribution in [1.82, 2.24) is 0 Å². The normalized spacial score (nSPS) is 19.0. The molecule has 1 N–H and O–H groups in total. The van der Waals surface area contributed by atoms with Crippen LogP contribution < -0.4 is 4.90 Å². The first-order valence-corrected chi connectivity index (χ1v) is 7.13. The van der Waals surface area contributed by atoms with Gasteiger partial charge in [0.15, 0.2) is 0 Å². The van der Waals surface area contributed by atoms with E-state index in [-0.39, 0.29) is 11.7 Å². The van der Waals surface area contributed by atoms with Crippen molar-refractivity contribution >= 4 is 5.69 Å². The van der Waals surface area contributed by atoms with Gasteiger partial charge in [-0.2, -0.15) is 13.2 Å². The first-order chi connectivity index (χ1) is 9.95. The number of likely N-dealkylation sites (N-methyl/N-ethyl adjacent to an activating group) is 1. The summed E-state index contributed by atoms with van der Waals surface area (Å²) in [4.78, 5) is 1.88. The van der Waals surface area contributed by atoms with Gasteiger partial charge in [0.25, 0.3) is 0 Å². The molecule has 6 heteroatoms. The first-order valence-electron chi connectivity index (χ1n) is 7.13. The molecule has 1 atom stereocenters. The van der Waals surface area contributed by atoms with Crippen LogP contribution >= 0.6 is 0 Å². The molecule has 1 fully saturated rings. The zero-order chi connectivity index (χ0) is 15.5. The average Bonchev–Trinajstić information content (AvgIpc) is 2.96. The third-order valence-electron chi connectivity index (χ3n) is 3.76. The standard InChI is InChI=1S/C15H20F3NO2/c1-2-19(9-13-4-3-7-21-13)12-6-5-11(10-20)14(8-12)15(16,17)18/h5-6,8,13,20H,2-4,7,9-10H2,1H3. The molecule has 1 heterocycles. The SMILES string of the molecule is CCN(CC1CCCO1)c1ccc(CO)c(C(F)(F)F)c1. The van der Waals surface area contributed by atoms with Crippen molar-refractivity contribution in [3.05, 3.63) is 29.3 Å². The lowest BCUT2D eigenvalue weighted by Crippen LogP contribution is -2.32. The number of benzene rings is 1. The molecular weight excluding hydrogens is 283 g/mol. The third-order valence-corrected chi connectivity index (χ3v) is 3.76. The summed E-state index contributed by atoms with van der Waals surface area (Å²) in [6, 6.07) is 4.08. The summed E-state index contributed by atoms with van der Waals surface area (Å²) < 4.78 is 44.6. The number of anilines is 1. The van der Waals surface area contributed by atoms with Crippen LogP contribution in [0, 0.1) is 0 Å². The van der Waals surface area contributed by atoms with Gasteiger partial charge in [-0.15, -0.1) is 0 Å². The highest BCUT2D eigenvalue weighted by atomic mass is 19.4. The molecule has 1 aliphatic heterocycles. The molecule has 0 radical (unpaired) electrons. The van der Waals surface area contributed by atoms with E-state index in [1.165, 1.54) is 6.07 Å². The van der Waals surface area contributed by atoms with Crippen LogP contribution in [-0.2, 0) is 17.5 Å². The molecule has 3 nitrogen and oxygen atoms in total. The van der Waals surface area contributed by atoms with E-state index < -0.39 is 18.3 Å². The van der Waals surface area contributed by atoms with Gasteiger partial charge < -0.3 is 14.7 Å². The van der Waals surface area contributed by atoms with Gasteiger partial charge in [0.05, 0.1) is 18.3 Å². The number of rotatable bonds is 5. The number of hydrogen-bond acceptors (Lipinski definition) is 3. The van der Waals surface area contributed by atoms with Gasteiger partial charge in [0.1, 0.15) is 0 Å². The zero-order valence-electron chi connectivity index (χ0n) is 12.0.